The third-order valence-electron chi connectivity index (χ3n) is 3.66. The molecule has 1 aliphatic rings. The van der Waals surface area contributed by atoms with Gasteiger partial charge in [-0.1, -0.05) is 24.3 Å². The lowest BCUT2D eigenvalue weighted by Gasteiger charge is -2.10. The molecule has 3 rings (SSSR count). The third kappa shape index (κ3) is 1.93. The van der Waals surface area contributed by atoms with Crippen molar-refractivity contribution in [2.75, 3.05) is 5.73 Å². The van der Waals surface area contributed by atoms with Gasteiger partial charge < -0.3 is 5.73 Å². The van der Waals surface area contributed by atoms with E-state index < -0.39 is 0 Å². The molecule has 0 fully saturated rings. The van der Waals surface area contributed by atoms with E-state index in [2.05, 4.69) is 34.2 Å². The number of anilines is 1. The van der Waals surface area contributed by atoms with Gasteiger partial charge in [0.2, 0.25) is 0 Å². The summed E-state index contributed by atoms with van der Waals surface area (Å²) in [4.78, 5) is 8.77. The molecule has 0 amide bonds. The Kier molecular flexibility index (Phi) is 2.68. The van der Waals surface area contributed by atoms with E-state index in [0.29, 0.717) is 17.1 Å². The zero-order chi connectivity index (χ0) is 13.4. The molecular weight excluding hydrogens is 236 g/mol. The third-order valence-corrected chi connectivity index (χ3v) is 3.66. The van der Waals surface area contributed by atoms with Crippen molar-refractivity contribution in [2.45, 2.75) is 25.7 Å². The lowest BCUT2D eigenvalue weighted by molar-refractivity contribution is 0.679. The van der Waals surface area contributed by atoms with Crippen LogP contribution >= 0.6 is 0 Å². The number of nitriles is 1. The molecule has 94 valence electrons. The highest BCUT2D eigenvalue weighted by Gasteiger charge is 2.25. The van der Waals surface area contributed by atoms with Crippen LogP contribution in [0.25, 0.3) is 0 Å². The Morgan fingerprint density at radius 1 is 1.21 bits per heavy atom. The average Bonchev–Trinajstić information content (AvgIpc) is 2.82. The van der Waals surface area contributed by atoms with Gasteiger partial charge >= 0.3 is 0 Å². The largest absolute Gasteiger partial charge is 0.382 e. The van der Waals surface area contributed by atoms with E-state index in [4.69, 9.17) is 11.0 Å². The molecule has 4 nitrogen and oxygen atoms in total. The number of aryl methyl sites for hydroxylation is 1. The van der Waals surface area contributed by atoms with E-state index in [1.165, 1.54) is 11.1 Å². The summed E-state index contributed by atoms with van der Waals surface area (Å²) in [6.07, 6.45) is 1.89. The summed E-state index contributed by atoms with van der Waals surface area (Å²) in [7, 11) is 0. The maximum Gasteiger partial charge on any atom is 0.145 e. The van der Waals surface area contributed by atoms with Gasteiger partial charge in [-0.15, -0.1) is 0 Å². The second-order valence-corrected chi connectivity index (χ2v) is 4.91. The van der Waals surface area contributed by atoms with Crippen LogP contribution in [-0.4, -0.2) is 9.97 Å². The second-order valence-electron chi connectivity index (χ2n) is 4.91. The van der Waals surface area contributed by atoms with Crippen molar-refractivity contribution in [1.29, 1.82) is 5.26 Å². The van der Waals surface area contributed by atoms with Crippen LogP contribution in [0.4, 0.5) is 5.82 Å². The van der Waals surface area contributed by atoms with Crippen molar-refractivity contribution in [3.63, 3.8) is 0 Å². The van der Waals surface area contributed by atoms with E-state index in [1.807, 2.05) is 13.0 Å². The summed E-state index contributed by atoms with van der Waals surface area (Å²) in [5, 5.41) is 8.99. The first-order valence-corrected chi connectivity index (χ1v) is 6.30. The fourth-order valence-electron chi connectivity index (χ4n) is 2.68. The van der Waals surface area contributed by atoms with Gasteiger partial charge in [-0.3, -0.25) is 0 Å². The number of nitrogens with zero attached hydrogens (tertiary/aromatic N) is 3. The Balaban J connectivity index is 1.96. The van der Waals surface area contributed by atoms with Gasteiger partial charge in [0.1, 0.15) is 23.3 Å². The number of rotatable bonds is 1. The molecule has 0 unspecified atom stereocenters. The van der Waals surface area contributed by atoms with Gasteiger partial charge in [-0.25, -0.2) is 9.97 Å². The van der Waals surface area contributed by atoms with Crippen LogP contribution in [0.1, 0.15) is 34.1 Å². The van der Waals surface area contributed by atoms with Gasteiger partial charge in [0.25, 0.3) is 0 Å². The minimum atomic E-state index is 0.270. The zero-order valence-corrected chi connectivity index (χ0v) is 10.7. The van der Waals surface area contributed by atoms with Crippen LogP contribution in [0, 0.1) is 18.3 Å². The summed E-state index contributed by atoms with van der Waals surface area (Å²) >= 11 is 0. The normalized spacial score (nSPS) is 14.1. The molecule has 0 saturated heterocycles. The van der Waals surface area contributed by atoms with Crippen LogP contribution in [0.15, 0.2) is 24.3 Å². The Morgan fingerprint density at radius 3 is 2.37 bits per heavy atom. The van der Waals surface area contributed by atoms with Gasteiger partial charge in [0, 0.05) is 5.92 Å². The molecule has 0 saturated carbocycles. The lowest BCUT2D eigenvalue weighted by atomic mass is 10.1. The molecule has 0 spiro atoms. The molecule has 0 radical (unpaired) electrons. The molecule has 0 atom stereocenters. The van der Waals surface area contributed by atoms with Crippen LogP contribution in [0.2, 0.25) is 0 Å². The second kappa shape index (κ2) is 4.36. The average molecular weight is 250 g/mol. The molecule has 1 heterocycles. The fourth-order valence-corrected chi connectivity index (χ4v) is 2.68. The molecule has 19 heavy (non-hydrogen) atoms. The lowest BCUT2D eigenvalue weighted by Crippen LogP contribution is -2.10. The fraction of sp³-hybridized carbons (Fsp3) is 0.267. The first-order valence-electron chi connectivity index (χ1n) is 6.30. The van der Waals surface area contributed by atoms with E-state index in [-0.39, 0.29) is 5.92 Å². The van der Waals surface area contributed by atoms with E-state index >= 15 is 0 Å². The smallest absolute Gasteiger partial charge is 0.145 e. The monoisotopic (exact) mass is 250 g/mol. The number of aromatic nitrogens is 2. The first-order chi connectivity index (χ1) is 9.19. The van der Waals surface area contributed by atoms with Crippen molar-refractivity contribution in [3.8, 4) is 6.07 Å². The Bertz CT molecular complexity index is 637. The summed E-state index contributed by atoms with van der Waals surface area (Å²) in [6.45, 7) is 1.81. The van der Waals surface area contributed by atoms with Gasteiger partial charge in [0.05, 0.1) is 5.69 Å². The van der Waals surface area contributed by atoms with Gasteiger partial charge in [0.15, 0.2) is 0 Å². The molecule has 2 N–H and O–H groups in total. The summed E-state index contributed by atoms with van der Waals surface area (Å²) in [5.41, 5.74) is 9.60. The highest BCUT2D eigenvalue weighted by Crippen LogP contribution is 2.32. The predicted octanol–water partition coefficient (Wildman–Crippen LogP) is 2.12. The van der Waals surface area contributed by atoms with E-state index in [0.717, 1.165) is 18.7 Å². The van der Waals surface area contributed by atoms with Crippen LogP contribution in [0.3, 0.4) is 0 Å². The molecular formula is C15H14N4. The maximum atomic E-state index is 8.99. The molecule has 0 aliphatic heterocycles. The number of benzene rings is 1. The molecule has 2 aromatic rings. The van der Waals surface area contributed by atoms with Crippen molar-refractivity contribution < 1.29 is 0 Å². The Labute approximate surface area is 111 Å². The minimum absolute atomic E-state index is 0.270. The molecule has 1 aliphatic carbocycles. The maximum absolute atomic E-state index is 8.99. The molecule has 0 bridgehead atoms. The number of nitrogens with two attached hydrogens (primary N) is 1. The minimum Gasteiger partial charge on any atom is -0.382 e. The highest BCUT2D eigenvalue weighted by atomic mass is 15.0. The summed E-state index contributed by atoms with van der Waals surface area (Å²) in [5.74, 6) is 1.32. The predicted molar refractivity (Wildman–Crippen MR) is 72.5 cm³/mol. The first kappa shape index (κ1) is 11.7. The number of hydrogen-bond donors (Lipinski definition) is 1. The van der Waals surface area contributed by atoms with E-state index in [9.17, 15) is 0 Å². The van der Waals surface area contributed by atoms with Crippen molar-refractivity contribution in [3.05, 3.63) is 52.5 Å². The topological polar surface area (TPSA) is 75.6 Å². The van der Waals surface area contributed by atoms with Crippen LogP contribution < -0.4 is 5.73 Å². The highest BCUT2D eigenvalue weighted by molar-refractivity contribution is 5.51. The standard InChI is InChI=1S/C15H14N4/c1-9-13(8-16)14(17)19-15(18-9)12-6-10-4-2-3-5-11(10)7-12/h2-5,12H,6-7H2,1H3,(H2,17,18,19). The van der Waals surface area contributed by atoms with Crippen molar-refractivity contribution in [1.82, 2.24) is 9.97 Å². The van der Waals surface area contributed by atoms with E-state index in [1.54, 1.807) is 0 Å². The Morgan fingerprint density at radius 2 is 1.84 bits per heavy atom. The summed E-state index contributed by atoms with van der Waals surface area (Å²) in [6, 6.07) is 10.5. The summed E-state index contributed by atoms with van der Waals surface area (Å²) < 4.78 is 0. The van der Waals surface area contributed by atoms with Gasteiger partial charge in [-0.05, 0) is 30.9 Å². The zero-order valence-electron chi connectivity index (χ0n) is 10.7. The number of fused-ring (bicyclic) bond motifs is 1. The Hall–Kier alpha value is -2.41. The number of hydrogen-bond acceptors (Lipinski definition) is 4. The number of nitrogen functional groups attached to an aromatic ring is 1. The van der Waals surface area contributed by atoms with Gasteiger partial charge in [-0.2, -0.15) is 5.26 Å². The quantitative estimate of drug-likeness (QED) is 0.841. The SMILES string of the molecule is Cc1nc(C2Cc3ccccc3C2)nc(N)c1C#N. The molecule has 4 heteroatoms. The molecule has 1 aromatic carbocycles. The van der Waals surface area contributed by atoms with Crippen LogP contribution in [-0.2, 0) is 12.8 Å². The van der Waals surface area contributed by atoms with Crippen molar-refractivity contribution in [2.24, 2.45) is 0 Å². The van der Waals surface area contributed by atoms with Crippen LogP contribution in [0.5, 0.6) is 0 Å². The van der Waals surface area contributed by atoms with Crippen molar-refractivity contribution >= 4 is 5.82 Å². The molecule has 1 aromatic heterocycles.